The van der Waals surface area contributed by atoms with E-state index in [1.165, 1.54) is 11.1 Å². The van der Waals surface area contributed by atoms with Crippen LogP contribution in [0.15, 0.2) is 54.7 Å². The molecule has 7 rings (SSSR count). The Morgan fingerprint density at radius 2 is 1.95 bits per heavy atom. The second-order valence-corrected chi connectivity index (χ2v) is 10.6. The van der Waals surface area contributed by atoms with Gasteiger partial charge in [-0.15, -0.1) is 0 Å². The predicted octanol–water partition coefficient (Wildman–Crippen LogP) is 2.46. The number of anilines is 1. The number of nitrogens with zero attached hydrogens (tertiary/aromatic N) is 5. The first kappa shape index (κ1) is 24.2. The molecule has 0 unspecified atom stereocenters. The minimum absolute atomic E-state index is 0.0258. The van der Waals surface area contributed by atoms with Crippen LogP contribution in [0.3, 0.4) is 0 Å². The minimum Gasteiger partial charge on any atom is -0.390 e. The number of likely N-dealkylation sites (tertiary alicyclic amines) is 1. The molecule has 10 heteroatoms. The number of β-amino-alcohol motifs (C(OH)–C–C–N with tert-alkyl or cyclic N) is 1. The number of nitrogens with one attached hydrogen (secondary N) is 2. The van der Waals surface area contributed by atoms with Crippen LogP contribution in [-0.4, -0.2) is 92.0 Å². The van der Waals surface area contributed by atoms with Crippen molar-refractivity contribution >= 4 is 22.6 Å². The zero-order valence-electron chi connectivity index (χ0n) is 21.6. The second-order valence-electron chi connectivity index (χ2n) is 10.6. The van der Waals surface area contributed by atoms with Crippen LogP contribution in [0, 0.1) is 0 Å². The van der Waals surface area contributed by atoms with Gasteiger partial charge in [0.15, 0.2) is 5.82 Å². The van der Waals surface area contributed by atoms with E-state index in [0.29, 0.717) is 43.5 Å². The van der Waals surface area contributed by atoms with E-state index in [2.05, 4.69) is 44.7 Å². The quantitative estimate of drug-likeness (QED) is 0.364. The number of rotatable bonds is 5. The zero-order chi connectivity index (χ0) is 26.3. The number of benzene rings is 2. The fraction of sp³-hybridized carbons (Fsp3) is 0.379. The Labute approximate surface area is 226 Å². The molecule has 2 aromatic heterocycles. The second kappa shape index (κ2) is 10.0. The summed E-state index contributed by atoms with van der Waals surface area (Å²) in [6.07, 6.45) is 2.82. The van der Waals surface area contributed by atoms with E-state index in [4.69, 9.17) is 14.7 Å². The van der Waals surface area contributed by atoms with Gasteiger partial charge in [0, 0.05) is 49.2 Å². The Morgan fingerprint density at radius 1 is 1.08 bits per heavy atom. The number of hydrogen-bond acceptors (Lipinski definition) is 8. The maximum Gasteiger partial charge on any atom is 0.272 e. The molecule has 4 aromatic rings. The molecule has 3 aliphatic heterocycles. The highest BCUT2D eigenvalue weighted by molar-refractivity contribution is 5.96. The van der Waals surface area contributed by atoms with Gasteiger partial charge in [-0.1, -0.05) is 36.4 Å². The Hall–Kier alpha value is -3.86. The van der Waals surface area contributed by atoms with Crippen LogP contribution in [-0.2, 0) is 17.7 Å². The number of carbonyl (C=O) groups excluding carboxylic acids is 1. The molecule has 2 fully saturated rings. The minimum atomic E-state index is -0.626. The molecule has 10 nitrogen and oxygen atoms in total. The summed E-state index contributed by atoms with van der Waals surface area (Å²) < 4.78 is 5.31. The van der Waals surface area contributed by atoms with E-state index in [1.807, 2.05) is 18.2 Å². The van der Waals surface area contributed by atoms with E-state index < -0.39 is 6.10 Å². The number of hydrogen-bond donors (Lipinski definition) is 3. The molecule has 3 N–H and O–H groups in total. The molecule has 1 amide bonds. The first-order valence-electron chi connectivity index (χ1n) is 13.6. The summed E-state index contributed by atoms with van der Waals surface area (Å²) in [4.78, 5) is 27.3. The maximum atomic E-state index is 13.8. The summed E-state index contributed by atoms with van der Waals surface area (Å²) in [6, 6.07) is 16.2. The van der Waals surface area contributed by atoms with Crippen LogP contribution in [0.1, 0.15) is 28.0 Å². The van der Waals surface area contributed by atoms with E-state index in [9.17, 15) is 9.90 Å². The zero-order valence-corrected chi connectivity index (χ0v) is 21.6. The van der Waals surface area contributed by atoms with Crippen molar-refractivity contribution in [3.63, 3.8) is 0 Å². The highest BCUT2D eigenvalue weighted by Gasteiger charge is 2.36. The van der Waals surface area contributed by atoms with Gasteiger partial charge in [0.05, 0.1) is 37.1 Å². The molecule has 200 valence electrons. The molecule has 0 bridgehead atoms. The molecular formula is C29H31N7O3. The molecule has 2 saturated heterocycles. The summed E-state index contributed by atoms with van der Waals surface area (Å²) >= 11 is 0. The summed E-state index contributed by atoms with van der Waals surface area (Å²) in [5.41, 5.74) is 4.70. The fourth-order valence-corrected chi connectivity index (χ4v) is 5.93. The summed E-state index contributed by atoms with van der Waals surface area (Å²) in [5.74, 6) is 0.838. The van der Waals surface area contributed by atoms with E-state index in [1.54, 1.807) is 17.2 Å². The smallest absolute Gasteiger partial charge is 0.272 e. The maximum absolute atomic E-state index is 13.8. The molecule has 0 radical (unpaired) electrons. The van der Waals surface area contributed by atoms with Gasteiger partial charge in [-0.05, 0) is 30.0 Å². The number of aromatic nitrogens is 4. The lowest BCUT2D eigenvalue weighted by molar-refractivity contribution is -0.0139. The first-order valence-corrected chi connectivity index (χ1v) is 13.6. The van der Waals surface area contributed by atoms with Gasteiger partial charge in [-0.3, -0.25) is 14.8 Å². The molecule has 0 spiro atoms. The highest BCUT2D eigenvalue weighted by atomic mass is 16.5. The largest absolute Gasteiger partial charge is 0.390 e. The van der Waals surface area contributed by atoms with Crippen LogP contribution in [0.4, 0.5) is 5.82 Å². The number of amides is 1. The Balaban J connectivity index is 1.13. The number of piperidine rings is 1. The van der Waals surface area contributed by atoms with Crippen molar-refractivity contribution in [1.82, 2.24) is 30.0 Å². The molecule has 2 atom stereocenters. The van der Waals surface area contributed by atoms with Gasteiger partial charge in [-0.25, -0.2) is 9.97 Å². The van der Waals surface area contributed by atoms with Gasteiger partial charge in [0.1, 0.15) is 11.5 Å². The van der Waals surface area contributed by atoms with E-state index in [-0.39, 0.29) is 24.5 Å². The Morgan fingerprint density at radius 3 is 2.77 bits per heavy atom. The molecule has 2 aromatic carbocycles. The average molecular weight is 526 g/mol. The SMILES string of the molecule is O=C(c1cc(NC2COC2)nc(-c2cccc3[nH]ncc23)n1)N1CC[C@@H](N2CCc3ccccc3C2)[C@H](O)C1. The van der Waals surface area contributed by atoms with Gasteiger partial charge < -0.3 is 20.1 Å². The molecule has 5 heterocycles. The van der Waals surface area contributed by atoms with Crippen molar-refractivity contribution in [1.29, 1.82) is 0 Å². The Bertz CT molecular complexity index is 1520. The third kappa shape index (κ3) is 4.64. The van der Waals surface area contributed by atoms with Crippen molar-refractivity contribution in [3.05, 3.63) is 71.5 Å². The van der Waals surface area contributed by atoms with Crippen LogP contribution < -0.4 is 5.32 Å². The number of ether oxygens (including phenoxy) is 1. The monoisotopic (exact) mass is 525 g/mol. The average Bonchev–Trinajstić information content (AvgIpc) is 3.43. The van der Waals surface area contributed by atoms with Gasteiger partial charge in [0.2, 0.25) is 0 Å². The van der Waals surface area contributed by atoms with Crippen molar-refractivity contribution in [2.45, 2.75) is 37.6 Å². The number of carbonyl (C=O) groups is 1. The third-order valence-electron chi connectivity index (χ3n) is 8.12. The Kier molecular flexibility index (Phi) is 6.22. The summed E-state index contributed by atoms with van der Waals surface area (Å²) in [6.45, 7) is 3.79. The van der Waals surface area contributed by atoms with Gasteiger partial charge in [0.25, 0.3) is 5.91 Å². The number of aliphatic hydroxyl groups excluding tert-OH is 1. The van der Waals surface area contributed by atoms with Crippen molar-refractivity contribution in [3.8, 4) is 11.4 Å². The van der Waals surface area contributed by atoms with Crippen LogP contribution >= 0.6 is 0 Å². The summed E-state index contributed by atoms with van der Waals surface area (Å²) in [7, 11) is 0. The number of fused-ring (bicyclic) bond motifs is 2. The van der Waals surface area contributed by atoms with Crippen LogP contribution in [0.5, 0.6) is 0 Å². The fourth-order valence-electron chi connectivity index (χ4n) is 5.93. The molecular weight excluding hydrogens is 494 g/mol. The molecule has 39 heavy (non-hydrogen) atoms. The van der Waals surface area contributed by atoms with Crippen molar-refractivity contribution in [2.24, 2.45) is 0 Å². The van der Waals surface area contributed by atoms with Crippen molar-refractivity contribution in [2.75, 3.05) is 38.2 Å². The van der Waals surface area contributed by atoms with Gasteiger partial charge in [-0.2, -0.15) is 5.10 Å². The first-order chi connectivity index (χ1) is 19.1. The van der Waals surface area contributed by atoms with E-state index >= 15 is 0 Å². The summed E-state index contributed by atoms with van der Waals surface area (Å²) in [5, 5.41) is 22.6. The topological polar surface area (TPSA) is 119 Å². The van der Waals surface area contributed by atoms with E-state index in [0.717, 1.165) is 36.0 Å². The lowest BCUT2D eigenvalue weighted by atomic mass is 9.94. The normalized spacial score (nSPS) is 21.9. The lowest BCUT2D eigenvalue weighted by Gasteiger charge is -2.43. The standard InChI is InChI=1S/C29H31N7O3/c37-26-15-36(11-9-25(26)35-10-8-18-4-1-2-5-19(18)14-35)29(38)24-12-27(31-20-16-39-17-20)33-28(32-24)21-6-3-7-23-22(21)13-30-34-23/h1-7,12-13,20,25-26,37H,8-11,14-17H2,(H,30,34)(H,31,32,33)/t25-,26-/m1/s1. The van der Waals surface area contributed by atoms with Crippen molar-refractivity contribution < 1.29 is 14.6 Å². The van der Waals surface area contributed by atoms with Crippen LogP contribution in [0.25, 0.3) is 22.3 Å². The number of H-pyrrole nitrogens is 1. The lowest BCUT2D eigenvalue weighted by Crippen LogP contribution is -2.56. The molecule has 0 saturated carbocycles. The van der Waals surface area contributed by atoms with Gasteiger partial charge >= 0.3 is 0 Å². The number of aliphatic hydroxyl groups is 1. The molecule has 0 aliphatic carbocycles. The highest BCUT2D eigenvalue weighted by Crippen LogP contribution is 2.29. The predicted molar refractivity (Wildman–Crippen MR) is 146 cm³/mol. The van der Waals surface area contributed by atoms with Crippen LogP contribution in [0.2, 0.25) is 0 Å². The molecule has 3 aliphatic rings. The number of aromatic amines is 1. The third-order valence-corrected chi connectivity index (χ3v) is 8.12.